The normalized spacial score (nSPS) is 17.2. The van der Waals surface area contributed by atoms with E-state index >= 15 is 0 Å². The quantitative estimate of drug-likeness (QED) is 0.733. The van der Waals surface area contributed by atoms with Crippen LogP contribution >= 0.6 is 15.9 Å². The number of benzene rings is 1. The predicted octanol–water partition coefficient (Wildman–Crippen LogP) is 5.31. The molecule has 1 aliphatic rings. The van der Waals surface area contributed by atoms with Crippen LogP contribution in [0.1, 0.15) is 49.8 Å². The summed E-state index contributed by atoms with van der Waals surface area (Å²) < 4.78 is 39.3. The van der Waals surface area contributed by atoms with Gasteiger partial charge in [-0.25, -0.2) is 0 Å². The molecule has 1 aliphatic carbocycles. The first-order valence-corrected chi connectivity index (χ1v) is 7.81. The maximum atomic E-state index is 12.9. The summed E-state index contributed by atoms with van der Waals surface area (Å²) in [6.45, 7) is 2.88. The highest BCUT2D eigenvalue weighted by Gasteiger charge is 2.33. The molecule has 0 aromatic heterocycles. The maximum Gasteiger partial charge on any atom is 0.416 e. The van der Waals surface area contributed by atoms with Gasteiger partial charge in [-0.1, -0.05) is 35.7 Å². The number of halogens is 4. The molecule has 1 atom stereocenters. The third kappa shape index (κ3) is 4.22. The van der Waals surface area contributed by atoms with E-state index in [2.05, 4.69) is 28.2 Å². The van der Waals surface area contributed by atoms with Gasteiger partial charge in [0.2, 0.25) is 0 Å². The second kappa shape index (κ2) is 6.48. The molecule has 0 bridgehead atoms. The van der Waals surface area contributed by atoms with Gasteiger partial charge in [-0.3, -0.25) is 0 Å². The predicted molar refractivity (Wildman–Crippen MR) is 77.5 cm³/mol. The molecule has 0 radical (unpaired) electrons. The molecule has 1 aromatic rings. The number of alkyl halides is 3. The molecule has 1 N–H and O–H groups in total. The molecule has 1 nitrogen and oxygen atoms in total. The Kier molecular flexibility index (Phi) is 5.13. The Morgan fingerprint density at radius 2 is 2.05 bits per heavy atom. The van der Waals surface area contributed by atoms with Gasteiger partial charge >= 0.3 is 6.18 Å². The van der Waals surface area contributed by atoms with E-state index in [-0.39, 0.29) is 6.04 Å². The second-order valence-electron chi connectivity index (χ2n) is 5.42. The van der Waals surface area contributed by atoms with Crippen LogP contribution in [0.3, 0.4) is 0 Å². The van der Waals surface area contributed by atoms with E-state index in [1.807, 2.05) is 0 Å². The number of hydrogen-bond acceptors (Lipinski definition) is 1. The Bertz CT molecular complexity index is 455. The fourth-order valence-electron chi connectivity index (χ4n) is 2.31. The lowest BCUT2D eigenvalue weighted by Gasteiger charge is -2.21. The minimum atomic E-state index is -4.29. The van der Waals surface area contributed by atoms with E-state index < -0.39 is 11.7 Å². The average Bonchev–Trinajstić information content (AvgIpc) is 3.18. The van der Waals surface area contributed by atoms with Crippen LogP contribution in [-0.4, -0.2) is 6.54 Å². The van der Waals surface area contributed by atoms with Crippen molar-refractivity contribution in [3.63, 3.8) is 0 Å². The summed E-state index contributed by atoms with van der Waals surface area (Å²) in [5.74, 6) is 0.658. The Hall–Kier alpha value is -0.550. The molecule has 20 heavy (non-hydrogen) atoms. The summed E-state index contributed by atoms with van der Waals surface area (Å²) >= 11 is 3.39. The summed E-state index contributed by atoms with van der Waals surface area (Å²) in [6, 6.07) is 3.91. The van der Waals surface area contributed by atoms with E-state index in [1.165, 1.54) is 25.0 Å². The lowest BCUT2D eigenvalue weighted by molar-refractivity contribution is -0.137. The Balaban J connectivity index is 2.25. The van der Waals surface area contributed by atoms with Gasteiger partial charge in [-0.2, -0.15) is 13.2 Å². The lowest BCUT2D eigenvalue weighted by Crippen LogP contribution is -2.23. The zero-order valence-corrected chi connectivity index (χ0v) is 13.0. The summed E-state index contributed by atoms with van der Waals surface area (Å²) in [6.07, 6.45) is -0.0102. The molecule has 0 spiro atoms. The average molecular weight is 350 g/mol. The van der Waals surface area contributed by atoms with E-state index in [4.69, 9.17) is 0 Å². The van der Waals surface area contributed by atoms with Gasteiger partial charge in [-0.05, 0) is 49.1 Å². The summed E-state index contributed by atoms with van der Waals surface area (Å²) in [5.41, 5.74) is 0.148. The minimum absolute atomic E-state index is 0.000810. The second-order valence-corrected chi connectivity index (χ2v) is 6.27. The first-order chi connectivity index (χ1) is 9.41. The van der Waals surface area contributed by atoms with Crippen LogP contribution in [0, 0.1) is 5.92 Å². The largest absolute Gasteiger partial charge is 0.416 e. The highest BCUT2D eigenvalue weighted by molar-refractivity contribution is 9.10. The Morgan fingerprint density at radius 3 is 2.60 bits per heavy atom. The van der Waals surface area contributed by atoms with Crippen molar-refractivity contribution in [2.75, 3.05) is 6.54 Å². The molecule has 0 aliphatic heterocycles. The van der Waals surface area contributed by atoms with Crippen LogP contribution in [0.15, 0.2) is 22.7 Å². The standard InChI is InChI=1S/C15H19BrF3N/c1-2-7-20-14(8-10-3-4-10)12-9-11(15(17,18)19)5-6-13(12)16/h5-6,9-10,14,20H,2-4,7-8H2,1H3. The van der Waals surface area contributed by atoms with Gasteiger partial charge in [0.25, 0.3) is 0 Å². The molecule has 112 valence electrons. The van der Waals surface area contributed by atoms with Crippen LogP contribution in [0.5, 0.6) is 0 Å². The van der Waals surface area contributed by atoms with Crippen LogP contribution in [0.4, 0.5) is 13.2 Å². The molecule has 0 amide bonds. The molecular weight excluding hydrogens is 331 g/mol. The van der Waals surface area contributed by atoms with Crippen LogP contribution in [-0.2, 0) is 6.18 Å². The molecule has 0 saturated heterocycles. The van der Waals surface area contributed by atoms with E-state index in [1.54, 1.807) is 0 Å². The SMILES string of the molecule is CCCNC(CC1CC1)c1cc(C(F)(F)F)ccc1Br. The highest BCUT2D eigenvalue weighted by atomic mass is 79.9. The van der Waals surface area contributed by atoms with E-state index in [9.17, 15) is 13.2 Å². The van der Waals surface area contributed by atoms with Gasteiger partial charge in [0.1, 0.15) is 0 Å². The summed E-state index contributed by atoms with van der Waals surface area (Å²) in [5, 5.41) is 3.38. The zero-order chi connectivity index (χ0) is 14.8. The Morgan fingerprint density at radius 1 is 1.35 bits per heavy atom. The van der Waals surface area contributed by atoms with Crippen molar-refractivity contribution in [1.29, 1.82) is 0 Å². The van der Waals surface area contributed by atoms with Gasteiger partial charge in [0.05, 0.1) is 5.56 Å². The van der Waals surface area contributed by atoms with E-state index in [0.717, 1.165) is 35.5 Å². The topological polar surface area (TPSA) is 12.0 Å². The van der Waals surface area contributed by atoms with Gasteiger partial charge in [0, 0.05) is 10.5 Å². The first-order valence-electron chi connectivity index (χ1n) is 7.01. The van der Waals surface area contributed by atoms with Gasteiger partial charge in [0.15, 0.2) is 0 Å². The number of hydrogen-bond donors (Lipinski definition) is 1. The monoisotopic (exact) mass is 349 g/mol. The van der Waals surface area contributed by atoms with Crippen molar-refractivity contribution in [3.8, 4) is 0 Å². The van der Waals surface area contributed by atoms with Crippen LogP contribution in [0.25, 0.3) is 0 Å². The van der Waals surface area contributed by atoms with E-state index in [0.29, 0.717) is 5.92 Å². The molecule has 1 saturated carbocycles. The van der Waals surface area contributed by atoms with Crippen molar-refractivity contribution in [1.82, 2.24) is 5.32 Å². The molecule has 1 unspecified atom stereocenters. The van der Waals surface area contributed by atoms with Crippen LogP contribution < -0.4 is 5.32 Å². The van der Waals surface area contributed by atoms with Crippen molar-refractivity contribution >= 4 is 15.9 Å². The zero-order valence-electron chi connectivity index (χ0n) is 11.4. The highest BCUT2D eigenvalue weighted by Crippen LogP contribution is 2.40. The molecule has 2 rings (SSSR count). The number of nitrogens with one attached hydrogen (secondary N) is 1. The minimum Gasteiger partial charge on any atom is -0.310 e. The molecule has 5 heteroatoms. The van der Waals surface area contributed by atoms with Crippen LogP contribution in [0.2, 0.25) is 0 Å². The maximum absolute atomic E-state index is 12.9. The Labute approximate surface area is 126 Å². The number of rotatable bonds is 6. The first kappa shape index (κ1) is 15.8. The lowest BCUT2D eigenvalue weighted by atomic mass is 9.98. The molecule has 1 aromatic carbocycles. The van der Waals surface area contributed by atoms with Crippen molar-refractivity contribution in [2.24, 2.45) is 5.92 Å². The third-order valence-electron chi connectivity index (χ3n) is 3.61. The fourth-order valence-corrected chi connectivity index (χ4v) is 2.84. The molecule has 1 fully saturated rings. The van der Waals surface area contributed by atoms with Crippen molar-refractivity contribution in [3.05, 3.63) is 33.8 Å². The fraction of sp³-hybridized carbons (Fsp3) is 0.600. The molecular formula is C15H19BrF3N. The smallest absolute Gasteiger partial charge is 0.310 e. The summed E-state index contributed by atoms with van der Waals surface area (Å²) in [4.78, 5) is 0. The van der Waals surface area contributed by atoms with Crippen molar-refractivity contribution in [2.45, 2.75) is 44.8 Å². The van der Waals surface area contributed by atoms with Gasteiger partial charge in [-0.15, -0.1) is 0 Å². The van der Waals surface area contributed by atoms with Crippen molar-refractivity contribution < 1.29 is 13.2 Å². The molecule has 0 heterocycles. The third-order valence-corrected chi connectivity index (χ3v) is 4.33. The van der Waals surface area contributed by atoms with Gasteiger partial charge < -0.3 is 5.32 Å². The summed E-state index contributed by atoms with van der Waals surface area (Å²) in [7, 11) is 0.